The van der Waals surface area contributed by atoms with Gasteiger partial charge in [0.25, 0.3) is 0 Å². The first kappa shape index (κ1) is 12.3. The number of halogens is 1. The second-order valence-electron chi connectivity index (χ2n) is 4.11. The highest BCUT2D eigenvalue weighted by Gasteiger charge is 2.10. The number of aryl methyl sites for hydroxylation is 1. The van der Waals surface area contributed by atoms with Crippen molar-refractivity contribution < 1.29 is 4.74 Å². The Balaban J connectivity index is 2.50. The largest absolute Gasteiger partial charge is 0.495 e. The third-order valence-electron chi connectivity index (χ3n) is 3.06. The lowest BCUT2D eigenvalue weighted by atomic mass is 10.1. The molecule has 92 valence electrons. The number of fused-ring (bicyclic) bond motifs is 1. The van der Waals surface area contributed by atoms with E-state index in [-0.39, 0.29) is 0 Å². The van der Waals surface area contributed by atoms with Crippen LogP contribution in [0.2, 0.25) is 5.02 Å². The molecule has 0 aliphatic carbocycles. The van der Waals surface area contributed by atoms with Gasteiger partial charge in [-0.1, -0.05) is 11.6 Å². The molecule has 2 rings (SSSR count). The van der Waals surface area contributed by atoms with E-state index in [9.17, 15) is 0 Å². The summed E-state index contributed by atoms with van der Waals surface area (Å²) in [4.78, 5) is 3.41. The van der Waals surface area contributed by atoms with Crippen LogP contribution in [-0.2, 0) is 6.42 Å². The molecule has 0 fully saturated rings. The van der Waals surface area contributed by atoms with Gasteiger partial charge in [0, 0.05) is 29.6 Å². The highest BCUT2D eigenvalue weighted by atomic mass is 35.5. The van der Waals surface area contributed by atoms with Crippen molar-refractivity contribution in [2.45, 2.75) is 13.3 Å². The van der Waals surface area contributed by atoms with Gasteiger partial charge in [0.15, 0.2) is 0 Å². The number of ether oxygens (including phenoxy) is 1. The summed E-state index contributed by atoms with van der Waals surface area (Å²) in [6, 6.07) is 3.91. The van der Waals surface area contributed by atoms with Gasteiger partial charge < -0.3 is 15.0 Å². The summed E-state index contributed by atoms with van der Waals surface area (Å²) in [6.07, 6.45) is 0.983. The van der Waals surface area contributed by atoms with Crippen molar-refractivity contribution in [3.8, 4) is 5.75 Å². The number of hydrogen-bond donors (Lipinski definition) is 2. The fourth-order valence-electron chi connectivity index (χ4n) is 2.04. The van der Waals surface area contributed by atoms with Crippen molar-refractivity contribution >= 4 is 22.5 Å². The predicted molar refractivity (Wildman–Crippen MR) is 72.2 cm³/mol. The normalized spacial score (nSPS) is 11.1. The molecule has 3 nitrogen and oxygen atoms in total. The molecular weight excluding hydrogens is 236 g/mol. The van der Waals surface area contributed by atoms with E-state index in [0.29, 0.717) is 5.02 Å². The number of H-pyrrole nitrogens is 1. The first-order valence-corrected chi connectivity index (χ1v) is 6.04. The Morgan fingerprint density at radius 2 is 2.18 bits per heavy atom. The molecule has 0 spiro atoms. The second kappa shape index (κ2) is 4.98. The number of likely N-dealkylation sites (N-methyl/N-ethyl adjacent to an activating group) is 1. The molecule has 2 N–H and O–H groups in total. The van der Waals surface area contributed by atoms with Crippen molar-refractivity contribution in [2.24, 2.45) is 0 Å². The van der Waals surface area contributed by atoms with Crippen molar-refractivity contribution in [1.82, 2.24) is 10.3 Å². The van der Waals surface area contributed by atoms with E-state index in [2.05, 4.69) is 17.2 Å². The van der Waals surface area contributed by atoms with Crippen LogP contribution >= 0.6 is 11.6 Å². The SMILES string of the molecule is CNCCc1[nH]c2cc(Cl)c(OC)cc2c1C. The van der Waals surface area contributed by atoms with Crippen LogP contribution in [0.5, 0.6) is 5.75 Å². The van der Waals surface area contributed by atoms with Gasteiger partial charge in [-0.2, -0.15) is 0 Å². The first-order valence-electron chi connectivity index (χ1n) is 5.66. The number of aromatic nitrogens is 1. The Kier molecular flexibility index (Phi) is 3.60. The summed E-state index contributed by atoms with van der Waals surface area (Å²) in [5.41, 5.74) is 3.59. The average Bonchev–Trinajstić information content (AvgIpc) is 2.62. The number of rotatable bonds is 4. The van der Waals surface area contributed by atoms with E-state index < -0.39 is 0 Å². The van der Waals surface area contributed by atoms with Gasteiger partial charge >= 0.3 is 0 Å². The maximum atomic E-state index is 6.11. The lowest BCUT2D eigenvalue weighted by molar-refractivity contribution is 0.415. The van der Waals surface area contributed by atoms with Crippen LogP contribution in [0.15, 0.2) is 12.1 Å². The maximum absolute atomic E-state index is 6.11. The van der Waals surface area contributed by atoms with Gasteiger partial charge in [-0.3, -0.25) is 0 Å². The molecule has 0 amide bonds. The standard InChI is InChI=1S/C13H17ClN2O/c1-8-9-6-13(17-3)10(14)7-12(9)16-11(8)4-5-15-2/h6-7,15-16H,4-5H2,1-3H3. The minimum Gasteiger partial charge on any atom is -0.495 e. The summed E-state index contributed by atoms with van der Waals surface area (Å²) in [6.45, 7) is 3.08. The summed E-state index contributed by atoms with van der Waals surface area (Å²) in [7, 11) is 3.59. The van der Waals surface area contributed by atoms with E-state index in [1.54, 1.807) is 7.11 Å². The molecule has 0 radical (unpaired) electrons. The number of aromatic amines is 1. The van der Waals surface area contributed by atoms with Crippen molar-refractivity contribution in [3.63, 3.8) is 0 Å². The van der Waals surface area contributed by atoms with Gasteiger partial charge in [0.05, 0.1) is 12.1 Å². The Hall–Kier alpha value is -1.19. The quantitative estimate of drug-likeness (QED) is 0.878. The van der Waals surface area contributed by atoms with E-state index in [1.807, 2.05) is 19.2 Å². The van der Waals surface area contributed by atoms with Crippen molar-refractivity contribution in [2.75, 3.05) is 20.7 Å². The molecule has 2 aromatic rings. The molecule has 17 heavy (non-hydrogen) atoms. The molecule has 1 aromatic heterocycles. The molecule has 0 saturated heterocycles. The van der Waals surface area contributed by atoms with Crippen molar-refractivity contribution in [3.05, 3.63) is 28.4 Å². The zero-order valence-electron chi connectivity index (χ0n) is 10.4. The molecular formula is C13H17ClN2O. The molecule has 4 heteroatoms. The minimum atomic E-state index is 0.640. The molecule has 1 heterocycles. The fourth-order valence-corrected chi connectivity index (χ4v) is 2.28. The molecule has 0 aliphatic heterocycles. The first-order chi connectivity index (χ1) is 8.17. The van der Waals surface area contributed by atoms with Gasteiger partial charge in [-0.25, -0.2) is 0 Å². The maximum Gasteiger partial charge on any atom is 0.138 e. The van der Waals surface area contributed by atoms with Gasteiger partial charge in [0.2, 0.25) is 0 Å². The van der Waals surface area contributed by atoms with E-state index in [4.69, 9.17) is 16.3 Å². The molecule has 0 aliphatic rings. The van der Waals surface area contributed by atoms with Gasteiger partial charge in [-0.15, -0.1) is 0 Å². The average molecular weight is 253 g/mol. The van der Waals surface area contributed by atoms with Crippen LogP contribution in [-0.4, -0.2) is 25.7 Å². The lowest BCUT2D eigenvalue weighted by Gasteiger charge is -2.02. The van der Waals surface area contributed by atoms with Crippen molar-refractivity contribution in [1.29, 1.82) is 0 Å². The molecule has 0 saturated carbocycles. The third-order valence-corrected chi connectivity index (χ3v) is 3.35. The third kappa shape index (κ3) is 2.26. The predicted octanol–water partition coefficient (Wildman–Crippen LogP) is 2.90. The number of hydrogen-bond acceptors (Lipinski definition) is 2. The molecule has 0 bridgehead atoms. The van der Waals surface area contributed by atoms with Crippen LogP contribution in [0.1, 0.15) is 11.3 Å². The van der Waals surface area contributed by atoms with Crippen LogP contribution in [0.25, 0.3) is 10.9 Å². The summed E-state index contributed by atoms with van der Waals surface area (Å²) >= 11 is 6.11. The van der Waals surface area contributed by atoms with E-state index in [0.717, 1.165) is 24.2 Å². The summed E-state index contributed by atoms with van der Waals surface area (Å²) in [5.74, 6) is 0.724. The molecule has 1 aromatic carbocycles. The molecule has 0 atom stereocenters. The Labute approximate surface area is 106 Å². The highest BCUT2D eigenvalue weighted by molar-refractivity contribution is 6.32. The Morgan fingerprint density at radius 1 is 1.41 bits per heavy atom. The van der Waals surface area contributed by atoms with Gasteiger partial charge in [-0.05, 0) is 31.7 Å². The van der Waals surface area contributed by atoms with Crippen LogP contribution in [0.3, 0.4) is 0 Å². The number of methoxy groups -OCH3 is 1. The second-order valence-corrected chi connectivity index (χ2v) is 4.52. The summed E-state index contributed by atoms with van der Waals surface area (Å²) in [5, 5.41) is 4.97. The van der Waals surface area contributed by atoms with Crippen LogP contribution in [0.4, 0.5) is 0 Å². The zero-order chi connectivity index (χ0) is 12.4. The summed E-state index contributed by atoms with van der Waals surface area (Å²) < 4.78 is 5.24. The molecule has 0 unspecified atom stereocenters. The van der Waals surface area contributed by atoms with Crippen LogP contribution in [0, 0.1) is 6.92 Å². The van der Waals surface area contributed by atoms with E-state index in [1.165, 1.54) is 16.6 Å². The smallest absolute Gasteiger partial charge is 0.138 e. The van der Waals surface area contributed by atoms with E-state index >= 15 is 0 Å². The zero-order valence-corrected chi connectivity index (χ0v) is 11.1. The monoisotopic (exact) mass is 252 g/mol. The fraction of sp³-hybridized carbons (Fsp3) is 0.385. The Morgan fingerprint density at radius 3 is 2.82 bits per heavy atom. The lowest BCUT2D eigenvalue weighted by Crippen LogP contribution is -2.10. The minimum absolute atomic E-state index is 0.640. The van der Waals surface area contributed by atoms with Gasteiger partial charge in [0.1, 0.15) is 5.75 Å². The Bertz CT molecular complexity index is 534. The van der Waals surface area contributed by atoms with Crippen LogP contribution < -0.4 is 10.1 Å². The number of benzene rings is 1. The highest BCUT2D eigenvalue weighted by Crippen LogP contribution is 2.32. The topological polar surface area (TPSA) is 37.0 Å². The number of nitrogens with one attached hydrogen (secondary N) is 2.